The molecule has 2 N–H and O–H groups in total. The molecule has 0 aliphatic heterocycles. The maximum absolute atomic E-state index is 12.6. The largest absolute Gasteiger partial charge is 0.390 e. The lowest BCUT2D eigenvalue weighted by Crippen LogP contribution is -2.53. The van der Waals surface area contributed by atoms with Crippen LogP contribution in [0.1, 0.15) is 59.3 Å². The fourth-order valence-corrected chi connectivity index (χ4v) is 6.87. The average molecular weight is 330 g/mol. The van der Waals surface area contributed by atoms with E-state index < -0.39 is 12.2 Å². The summed E-state index contributed by atoms with van der Waals surface area (Å²) in [5.41, 5.74) is 2.17. The summed E-state index contributed by atoms with van der Waals surface area (Å²) in [5, 5.41) is 20.6. The van der Waals surface area contributed by atoms with Gasteiger partial charge < -0.3 is 10.2 Å². The van der Waals surface area contributed by atoms with Gasteiger partial charge >= 0.3 is 0 Å². The van der Waals surface area contributed by atoms with Crippen molar-refractivity contribution in [3.8, 4) is 0 Å². The lowest BCUT2D eigenvalue weighted by Gasteiger charge is -2.57. The molecule has 0 aromatic carbocycles. The van der Waals surface area contributed by atoms with Crippen molar-refractivity contribution in [3.05, 3.63) is 23.3 Å². The van der Waals surface area contributed by atoms with Crippen molar-refractivity contribution >= 4 is 5.78 Å². The van der Waals surface area contributed by atoms with Crippen molar-refractivity contribution in [2.75, 3.05) is 0 Å². The molecule has 3 saturated carbocycles. The standard InChI is InChI=1S/C21H30O3/c1-4-13-18(23)11-16-12-5-6-15-19(24)17(22)8-10-21(15,3)14(12)7-9-20(13,16)2/h4,6,12,14,16-17,19,22,24H,5,7-11H2,1-3H3/t12-,14+,16+,17+,19-,20-,21-/m1/s1. The number of rotatable bonds is 0. The summed E-state index contributed by atoms with van der Waals surface area (Å²) in [5.74, 6) is 1.85. The van der Waals surface area contributed by atoms with Gasteiger partial charge in [-0.25, -0.2) is 0 Å². The van der Waals surface area contributed by atoms with Crippen molar-refractivity contribution < 1.29 is 15.0 Å². The summed E-state index contributed by atoms with van der Waals surface area (Å²) >= 11 is 0. The molecule has 3 heteroatoms. The summed E-state index contributed by atoms with van der Waals surface area (Å²) < 4.78 is 0. The van der Waals surface area contributed by atoms with E-state index in [-0.39, 0.29) is 10.8 Å². The molecule has 3 nitrogen and oxygen atoms in total. The molecule has 4 rings (SSSR count). The summed E-state index contributed by atoms with van der Waals surface area (Å²) in [4.78, 5) is 12.6. The third-order valence-electron chi connectivity index (χ3n) is 8.17. The molecule has 3 fully saturated rings. The zero-order valence-electron chi connectivity index (χ0n) is 15.1. The van der Waals surface area contributed by atoms with E-state index in [9.17, 15) is 15.0 Å². The molecule has 7 atom stereocenters. The van der Waals surface area contributed by atoms with Crippen LogP contribution in [0.25, 0.3) is 0 Å². The van der Waals surface area contributed by atoms with E-state index in [1.807, 2.05) is 6.92 Å². The first kappa shape index (κ1) is 16.5. The Hall–Kier alpha value is -0.930. The van der Waals surface area contributed by atoms with Gasteiger partial charge in [-0.3, -0.25) is 4.79 Å². The van der Waals surface area contributed by atoms with Crippen LogP contribution in [-0.2, 0) is 4.79 Å². The fraction of sp³-hybridized carbons (Fsp3) is 0.762. The normalized spacial score (nSPS) is 52.5. The fourth-order valence-electron chi connectivity index (χ4n) is 6.87. The Morgan fingerprint density at radius 1 is 1.12 bits per heavy atom. The van der Waals surface area contributed by atoms with E-state index in [2.05, 4.69) is 26.0 Å². The van der Waals surface area contributed by atoms with Crippen LogP contribution in [-0.4, -0.2) is 28.2 Å². The third kappa shape index (κ3) is 1.94. The van der Waals surface area contributed by atoms with E-state index in [0.717, 1.165) is 36.8 Å². The molecule has 4 aliphatic carbocycles. The van der Waals surface area contributed by atoms with Crippen LogP contribution in [0, 0.1) is 28.6 Å². The first-order valence-electron chi connectivity index (χ1n) is 9.59. The second-order valence-corrected chi connectivity index (χ2v) is 9.03. The SMILES string of the molecule is CC=C1C(=O)C[C@H]2[C@@H]3CC=C4[C@@H](O)[C@@H](O)CC[C@]4(C)[C@H]3CC[C@]12C. The number of carbonyl (C=O) groups is 1. The van der Waals surface area contributed by atoms with Gasteiger partial charge in [-0.1, -0.05) is 26.0 Å². The number of allylic oxidation sites excluding steroid dienone is 3. The van der Waals surface area contributed by atoms with Gasteiger partial charge in [0.2, 0.25) is 0 Å². The van der Waals surface area contributed by atoms with Crippen LogP contribution < -0.4 is 0 Å². The highest BCUT2D eigenvalue weighted by Gasteiger charge is 2.60. The number of hydrogen-bond acceptors (Lipinski definition) is 3. The Labute approximate surface area is 144 Å². The summed E-state index contributed by atoms with van der Waals surface area (Å²) in [7, 11) is 0. The molecular formula is C21H30O3. The van der Waals surface area contributed by atoms with Gasteiger partial charge in [0.1, 0.15) is 6.10 Å². The Bertz CT molecular complexity index is 633. The van der Waals surface area contributed by atoms with E-state index in [1.165, 1.54) is 0 Å². The molecule has 0 spiro atoms. The molecule has 0 aromatic rings. The zero-order valence-corrected chi connectivity index (χ0v) is 15.1. The molecular weight excluding hydrogens is 300 g/mol. The number of Topliss-reactive ketones (excluding diaryl/α,β-unsaturated/α-hetero) is 1. The van der Waals surface area contributed by atoms with Crippen molar-refractivity contribution in [2.24, 2.45) is 28.6 Å². The minimum absolute atomic E-state index is 0.00930. The smallest absolute Gasteiger partial charge is 0.159 e. The second kappa shape index (κ2) is 5.28. The molecule has 0 bridgehead atoms. The minimum atomic E-state index is -0.700. The van der Waals surface area contributed by atoms with Crippen molar-refractivity contribution in [1.82, 2.24) is 0 Å². The van der Waals surface area contributed by atoms with E-state index in [0.29, 0.717) is 36.4 Å². The second-order valence-electron chi connectivity index (χ2n) is 9.03. The van der Waals surface area contributed by atoms with Gasteiger partial charge in [0.15, 0.2) is 5.78 Å². The van der Waals surface area contributed by atoms with Gasteiger partial charge in [0, 0.05) is 6.42 Å². The lowest BCUT2D eigenvalue weighted by atomic mass is 9.47. The maximum atomic E-state index is 12.6. The van der Waals surface area contributed by atoms with Crippen molar-refractivity contribution in [2.45, 2.75) is 71.5 Å². The molecule has 0 radical (unpaired) electrons. The van der Waals surface area contributed by atoms with Gasteiger partial charge in [-0.2, -0.15) is 0 Å². The predicted octanol–water partition coefficient (Wildman–Crippen LogP) is 3.41. The molecule has 0 aromatic heterocycles. The number of carbonyl (C=O) groups excluding carboxylic acids is 1. The zero-order chi connectivity index (χ0) is 17.3. The summed E-state index contributed by atoms with van der Waals surface area (Å²) in [6, 6.07) is 0. The minimum Gasteiger partial charge on any atom is -0.390 e. The van der Waals surface area contributed by atoms with Crippen molar-refractivity contribution in [1.29, 1.82) is 0 Å². The first-order valence-corrected chi connectivity index (χ1v) is 9.59. The van der Waals surface area contributed by atoms with Crippen LogP contribution in [0.5, 0.6) is 0 Å². The topological polar surface area (TPSA) is 57.5 Å². The van der Waals surface area contributed by atoms with Crippen molar-refractivity contribution in [3.63, 3.8) is 0 Å². The van der Waals surface area contributed by atoms with Gasteiger partial charge in [-0.05, 0) is 78.8 Å². The van der Waals surface area contributed by atoms with Gasteiger partial charge in [0.25, 0.3) is 0 Å². The maximum Gasteiger partial charge on any atom is 0.159 e. The number of aliphatic hydroxyl groups excluding tert-OH is 2. The highest BCUT2D eigenvalue weighted by Crippen LogP contribution is 2.65. The molecule has 0 unspecified atom stereocenters. The highest BCUT2D eigenvalue weighted by molar-refractivity contribution is 5.99. The van der Waals surface area contributed by atoms with Crippen LogP contribution in [0.2, 0.25) is 0 Å². The van der Waals surface area contributed by atoms with E-state index in [1.54, 1.807) is 0 Å². The van der Waals surface area contributed by atoms with Crippen LogP contribution >= 0.6 is 0 Å². The quantitative estimate of drug-likeness (QED) is 0.529. The highest BCUT2D eigenvalue weighted by atomic mass is 16.3. The van der Waals surface area contributed by atoms with E-state index in [4.69, 9.17) is 0 Å². The molecule has 24 heavy (non-hydrogen) atoms. The number of ketones is 1. The molecule has 0 saturated heterocycles. The molecule has 132 valence electrons. The summed E-state index contributed by atoms with van der Waals surface area (Å²) in [6.07, 6.45) is 8.42. The molecule has 0 heterocycles. The monoisotopic (exact) mass is 330 g/mol. The Balaban J connectivity index is 1.73. The van der Waals surface area contributed by atoms with Crippen LogP contribution in [0.15, 0.2) is 23.3 Å². The van der Waals surface area contributed by atoms with Crippen LogP contribution in [0.4, 0.5) is 0 Å². The molecule has 4 aliphatic rings. The Kier molecular flexibility index (Phi) is 3.64. The number of aliphatic hydroxyl groups is 2. The molecule has 0 amide bonds. The van der Waals surface area contributed by atoms with E-state index >= 15 is 0 Å². The van der Waals surface area contributed by atoms with Crippen LogP contribution in [0.3, 0.4) is 0 Å². The third-order valence-corrected chi connectivity index (χ3v) is 8.17. The lowest BCUT2D eigenvalue weighted by molar-refractivity contribution is -0.115. The average Bonchev–Trinajstić information content (AvgIpc) is 2.81. The predicted molar refractivity (Wildman–Crippen MR) is 93.2 cm³/mol. The Morgan fingerprint density at radius 2 is 1.83 bits per heavy atom. The number of fused-ring (bicyclic) bond motifs is 5. The number of hydrogen-bond donors (Lipinski definition) is 2. The van der Waals surface area contributed by atoms with Gasteiger partial charge in [-0.15, -0.1) is 0 Å². The first-order chi connectivity index (χ1) is 11.3. The van der Waals surface area contributed by atoms with Gasteiger partial charge in [0.05, 0.1) is 6.10 Å². The summed E-state index contributed by atoms with van der Waals surface area (Å²) in [6.45, 7) is 6.60. The Morgan fingerprint density at radius 3 is 2.54 bits per heavy atom.